The minimum Gasteiger partial charge on any atom is -0.493 e. The zero-order valence-corrected chi connectivity index (χ0v) is 15.5. The topological polar surface area (TPSA) is 88.0 Å². The molecule has 140 valence electrons. The van der Waals surface area contributed by atoms with Crippen molar-refractivity contribution >= 4 is 0 Å². The maximum Gasteiger partial charge on any atom is 0.254 e. The number of aryl methyl sites for hydroxylation is 1. The minimum atomic E-state index is -0.761. The SMILES string of the molecule is COc1ccc(C2(C#N)CCc3nc[nH]c(=O)c3C2)cc1OC1CCCC1. The van der Waals surface area contributed by atoms with Crippen LogP contribution in [0.15, 0.2) is 29.3 Å². The van der Waals surface area contributed by atoms with Crippen LogP contribution in [0.4, 0.5) is 0 Å². The van der Waals surface area contributed by atoms with E-state index in [-0.39, 0.29) is 11.7 Å². The second-order valence-corrected chi connectivity index (χ2v) is 7.42. The van der Waals surface area contributed by atoms with Gasteiger partial charge in [-0.05, 0) is 56.2 Å². The highest BCUT2D eigenvalue weighted by atomic mass is 16.5. The van der Waals surface area contributed by atoms with E-state index >= 15 is 0 Å². The summed E-state index contributed by atoms with van der Waals surface area (Å²) in [5, 5.41) is 10.1. The van der Waals surface area contributed by atoms with Gasteiger partial charge in [-0.2, -0.15) is 5.26 Å². The summed E-state index contributed by atoms with van der Waals surface area (Å²) in [6.07, 6.45) is 7.68. The number of rotatable bonds is 4. The van der Waals surface area contributed by atoms with Gasteiger partial charge in [-0.3, -0.25) is 4.79 Å². The van der Waals surface area contributed by atoms with Gasteiger partial charge in [0.15, 0.2) is 11.5 Å². The Labute approximate surface area is 158 Å². The van der Waals surface area contributed by atoms with E-state index in [0.29, 0.717) is 36.3 Å². The van der Waals surface area contributed by atoms with Crippen LogP contribution in [0.1, 0.15) is 48.9 Å². The van der Waals surface area contributed by atoms with Crippen molar-refractivity contribution in [1.82, 2.24) is 9.97 Å². The first kappa shape index (κ1) is 17.6. The third-order valence-electron chi connectivity index (χ3n) is 5.83. The van der Waals surface area contributed by atoms with Crippen molar-refractivity contribution in [1.29, 1.82) is 5.26 Å². The van der Waals surface area contributed by atoms with E-state index in [0.717, 1.165) is 24.1 Å². The summed E-state index contributed by atoms with van der Waals surface area (Å²) < 4.78 is 11.7. The molecule has 27 heavy (non-hydrogen) atoms. The van der Waals surface area contributed by atoms with Gasteiger partial charge < -0.3 is 14.5 Å². The predicted octanol–water partition coefficient (Wildman–Crippen LogP) is 3.05. The standard InChI is InChI=1S/C21H23N3O3/c1-26-18-7-6-14(10-19(18)27-15-4-2-3-5-15)21(12-22)9-8-17-16(11-21)20(25)24-13-23-17/h6-7,10,13,15H,2-5,8-9,11H2,1H3,(H,23,24,25). The lowest BCUT2D eigenvalue weighted by atomic mass is 9.69. The number of hydrogen-bond acceptors (Lipinski definition) is 5. The molecule has 1 aromatic heterocycles. The highest BCUT2D eigenvalue weighted by molar-refractivity contribution is 5.49. The number of aromatic amines is 1. The Hall–Kier alpha value is -2.81. The third kappa shape index (κ3) is 3.18. The molecule has 6 heteroatoms. The molecule has 0 aliphatic heterocycles. The van der Waals surface area contributed by atoms with Gasteiger partial charge in [0.2, 0.25) is 0 Å². The van der Waals surface area contributed by atoms with E-state index in [1.54, 1.807) is 7.11 Å². The molecule has 1 aromatic carbocycles. The Balaban J connectivity index is 1.71. The van der Waals surface area contributed by atoms with Gasteiger partial charge in [-0.1, -0.05) is 6.07 Å². The van der Waals surface area contributed by atoms with Crippen LogP contribution in [0.5, 0.6) is 11.5 Å². The molecule has 1 saturated carbocycles. The largest absolute Gasteiger partial charge is 0.493 e. The van der Waals surface area contributed by atoms with Crippen molar-refractivity contribution in [2.75, 3.05) is 7.11 Å². The first-order valence-corrected chi connectivity index (χ1v) is 9.47. The molecule has 2 aliphatic rings. The summed E-state index contributed by atoms with van der Waals surface area (Å²) in [4.78, 5) is 19.2. The summed E-state index contributed by atoms with van der Waals surface area (Å²) in [7, 11) is 1.62. The van der Waals surface area contributed by atoms with E-state index < -0.39 is 5.41 Å². The lowest BCUT2D eigenvalue weighted by Gasteiger charge is -2.32. The van der Waals surface area contributed by atoms with Crippen LogP contribution in [0.3, 0.4) is 0 Å². The Kier molecular flexibility index (Phi) is 4.61. The fraction of sp³-hybridized carbons (Fsp3) is 0.476. The van der Waals surface area contributed by atoms with Crippen molar-refractivity contribution in [2.24, 2.45) is 0 Å². The number of benzene rings is 1. The zero-order chi connectivity index (χ0) is 18.9. The van der Waals surface area contributed by atoms with E-state index in [1.807, 2.05) is 18.2 Å². The van der Waals surface area contributed by atoms with Crippen LogP contribution in [-0.4, -0.2) is 23.2 Å². The average Bonchev–Trinajstić information content (AvgIpc) is 3.21. The van der Waals surface area contributed by atoms with Crippen LogP contribution in [0.2, 0.25) is 0 Å². The van der Waals surface area contributed by atoms with Gasteiger partial charge in [0, 0.05) is 12.0 Å². The molecular formula is C21H23N3O3. The maximum atomic E-state index is 12.2. The molecule has 0 spiro atoms. The Morgan fingerprint density at radius 3 is 2.85 bits per heavy atom. The molecular weight excluding hydrogens is 342 g/mol. The monoisotopic (exact) mass is 365 g/mol. The van der Waals surface area contributed by atoms with E-state index in [1.165, 1.54) is 19.2 Å². The maximum absolute atomic E-state index is 12.2. The molecule has 0 saturated heterocycles. The van der Waals surface area contributed by atoms with Gasteiger partial charge in [-0.25, -0.2) is 4.98 Å². The third-order valence-corrected chi connectivity index (χ3v) is 5.83. The summed E-state index contributed by atoms with van der Waals surface area (Å²) >= 11 is 0. The van der Waals surface area contributed by atoms with Gasteiger partial charge >= 0.3 is 0 Å². The predicted molar refractivity (Wildman–Crippen MR) is 100 cm³/mol. The lowest BCUT2D eigenvalue weighted by Crippen LogP contribution is -2.36. The summed E-state index contributed by atoms with van der Waals surface area (Å²) in [6, 6.07) is 8.19. The molecule has 4 rings (SSSR count). The highest BCUT2D eigenvalue weighted by Crippen LogP contribution is 2.41. The molecule has 0 radical (unpaired) electrons. The Bertz CT molecular complexity index is 940. The van der Waals surface area contributed by atoms with Crippen molar-refractivity contribution < 1.29 is 9.47 Å². The van der Waals surface area contributed by atoms with Crippen LogP contribution in [-0.2, 0) is 18.3 Å². The smallest absolute Gasteiger partial charge is 0.254 e. The molecule has 1 N–H and O–H groups in total. The number of hydrogen-bond donors (Lipinski definition) is 1. The van der Waals surface area contributed by atoms with Crippen molar-refractivity contribution in [2.45, 2.75) is 56.5 Å². The Morgan fingerprint density at radius 2 is 2.11 bits per heavy atom. The van der Waals surface area contributed by atoms with Crippen LogP contribution < -0.4 is 15.0 Å². The van der Waals surface area contributed by atoms with Crippen LogP contribution in [0.25, 0.3) is 0 Å². The highest BCUT2D eigenvalue weighted by Gasteiger charge is 2.39. The molecule has 1 unspecified atom stereocenters. The number of aromatic nitrogens is 2. The van der Waals surface area contributed by atoms with E-state index in [2.05, 4.69) is 16.0 Å². The molecule has 1 heterocycles. The van der Waals surface area contributed by atoms with Gasteiger partial charge in [0.05, 0.1) is 36.7 Å². The number of nitrogens with one attached hydrogen (secondary N) is 1. The van der Waals surface area contributed by atoms with Crippen molar-refractivity contribution in [3.63, 3.8) is 0 Å². The van der Waals surface area contributed by atoms with Crippen LogP contribution >= 0.6 is 0 Å². The molecule has 0 amide bonds. The quantitative estimate of drug-likeness (QED) is 0.900. The fourth-order valence-corrected chi connectivity index (χ4v) is 4.24. The van der Waals surface area contributed by atoms with Gasteiger partial charge in [-0.15, -0.1) is 0 Å². The molecule has 0 bridgehead atoms. The molecule has 6 nitrogen and oxygen atoms in total. The minimum absolute atomic E-state index is 0.157. The zero-order valence-electron chi connectivity index (χ0n) is 15.5. The van der Waals surface area contributed by atoms with Gasteiger partial charge in [0.25, 0.3) is 5.56 Å². The van der Waals surface area contributed by atoms with E-state index in [9.17, 15) is 10.1 Å². The van der Waals surface area contributed by atoms with Crippen molar-refractivity contribution in [3.8, 4) is 17.6 Å². The second-order valence-electron chi connectivity index (χ2n) is 7.42. The Morgan fingerprint density at radius 1 is 1.30 bits per heavy atom. The lowest BCUT2D eigenvalue weighted by molar-refractivity contribution is 0.200. The number of methoxy groups -OCH3 is 1. The normalized spacial score (nSPS) is 22.1. The summed E-state index contributed by atoms with van der Waals surface area (Å²) in [5.74, 6) is 1.36. The number of nitriles is 1. The van der Waals surface area contributed by atoms with Crippen LogP contribution in [0, 0.1) is 11.3 Å². The number of ether oxygens (including phenoxy) is 2. The first-order valence-electron chi connectivity index (χ1n) is 9.47. The number of nitrogens with zero attached hydrogens (tertiary/aromatic N) is 2. The van der Waals surface area contributed by atoms with Gasteiger partial charge in [0.1, 0.15) is 0 Å². The molecule has 1 fully saturated rings. The number of H-pyrrole nitrogens is 1. The first-order chi connectivity index (χ1) is 13.1. The molecule has 2 aliphatic carbocycles. The average molecular weight is 365 g/mol. The number of fused-ring (bicyclic) bond motifs is 1. The van der Waals surface area contributed by atoms with Crippen molar-refractivity contribution in [3.05, 3.63) is 51.7 Å². The molecule has 2 aromatic rings. The van der Waals surface area contributed by atoms with E-state index in [4.69, 9.17) is 9.47 Å². The summed E-state index contributed by atoms with van der Waals surface area (Å²) in [5.41, 5.74) is 1.35. The fourth-order valence-electron chi connectivity index (χ4n) is 4.24. The second kappa shape index (κ2) is 7.07. The summed E-state index contributed by atoms with van der Waals surface area (Å²) in [6.45, 7) is 0. The molecule has 1 atom stereocenters.